The van der Waals surface area contributed by atoms with Crippen molar-refractivity contribution in [2.45, 2.75) is 45.1 Å². The van der Waals surface area contributed by atoms with Gasteiger partial charge in [-0.3, -0.25) is 9.67 Å². The van der Waals surface area contributed by atoms with Crippen LogP contribution in [0.15, 0.2) is 17.4 Å². The molecule has 0 bridgehead atoms. The van der Waals surface area contributed by atoms with Gasteiger partial charge >= 0.3 is 0 Å². The fraction of sp³-hybridized carbons (Fsp3) is 0.800. The highest BCUT2D eigenvalue weighted by atomic mass is 16.3. The summed E-state index contributed by atoms with van der Waals surface area (Å²) in [7, 11) is 1.98. The van der Waals surface area contributed by atoms with Gasteiger partial charge in [-0.2, -0.15) is 5.10 Å². The number of guanidine groups is 1. The first kappa shape index (κ1) is 20.1. The third-order valence-electron chi connectivity index (χ3n) is 5.65. The van der Waals surface area contributed by atoms with Crippen LogP contribution in [0.4, 0.5) is 0 Å². The number of piperidine rings is 1. The molecule has 2 aliphatic rings. The highest BCUT2D eigenvalue weighted by Crippen LogP contribution is 2.20. The molecule has 1 aromatic rings. The van der Waals surface area contributed by atoms with Gasteiger partial charge < -0.3 is 20.2 Å². The average molecular weight is 377 g/mol. The maximum atomic E-state index is 9.60. The molecule has 0 aromatic carbocycles. The molecule has 0 saturated carbocycles. The summed E-state index contributed by atoms with van der Waals surface area (Å²) in [5.41, 5.74) is 1.33. The van der Waals surface area contributed by atoms with E-state index in [0.29, 0.717) is 5.92 Å². The van der Waals surface area contributed by atoms with Crippen molar-refractivity contribution in [2.75, 3.05) is 45.8 Å². The summed E-state index contributed by atoms with van der Waals surface area (Å²) in [6.45, 7) is 9.19. The molecule has 152 valence electrons. The number of aliphatic hydroxyl groups is 1. The van der Waals surface area contributed by atoms with Gasteiger partial charge in [0.2, 0.25) is 0 Å². The van der Waals surface area contributed by atoms with Gasteiger partial charge in [0.05, 0.1) is 12.3 Å². The number of likely N-dealkylation sites (tertiary alicyclic amines) is 2. The zero-order valence-corrected chi connectivity index (χ0v) is 17.0. The van der Waals surface area contributed by atoms with Crippen LogP contribution in [-0.2, 0) is 13.5 Å². The van der Waals surface area contributed by atoms with Crippen molar-refractivity contribution < 1.29 is 5.11 Å². The second-order valence-corrected chi connectivity index (χ2v) is 7.99. The number of nitrogens with zero attached hydrogens (tertiary/aromatic N) is 5. The molecule has 2 fully saturated rings. The van der Waals surface area contributed by atoms with Gasteiger partial charge in [-0.05, 0) is 57.1 Å². The Labute approximate surface area is 163 Å². The number of hydrogen-bond donors (Lipinski definition) is 2. The summed E-state index contributed by atoms with van der Waals surface area (Å²) in [6, 6.07) is 0. The topological polar surface area (TPSA) is 68.9 Å². The number of aryl methyl sites for hydroxylation is 1. The summed E-state index contributed by atoms with van der Waals surface area (Å²) >= 11 is 0. The molecule has 0 spiro atoms. The van der Waals surface area contributed by atoms with E-state index < -0.39 is 0 Å². The van der Waals surface area contributed by atoms with Crippen LogP contribution in [0.1, 0.15) is 38.2 Å². The molecule has 3 rings (SSSR count). The zero-order valence-electron chi connectivity index (χ0n) is 17.0. The summed E-state index contributed by atoms with van der Waals surface area (Å²) in [6.07, 6.45) is 9.26. The lowest BCUT2D eigenvalue weighted by Gasteiger charge is -2.29. The molecule has 0 aliphatic carbocycles. The Kier molecular flexibility index (Phi) is 7.52. The van der Waals surface area contributed by atoms with Crippen LogP contribution >= 0.6 is 0 Å². The van der Waals surface area contributed by atoms with Gasteiger partial charge in [-0.25, -0.2) is 0 Å². The molecule has 1 unspecified atom stereocenters. The fourth-order valence-electron chi connectivity index (χ4n) is 4.15. The molecule has 7 nitrogen and oxygen atoms in total. The second kappa shape index (κ2) is 10.1. The molecule has 1 atom stereocenters. The summed E-state index contributed by atoms with van der Waals surface area (Å²) < 4.78 is 1.89. The van der Waals surface area contributed by atoms with Crippen LogP contribution < -0.4 is 5.32 Å². The number of rotatable bonds is 7. The molecule has 7 heteroatoms. The van der Waals surface area contributed by atoms with Crippen LogP contribution in [-0.4, -0.2) is 82.6 Å². The van der Waals surface area contributed by atoms with Crippen molar-refractivity contribution in [3.8, 4) is 0 Å². The Morgan fingerprint density at radius 1 is 1.30 bits per heavy atom. The minimum atomic E-state index is -0.0885. The van der Waals surface area contributed by atoms with Crippen molar-refractivity contribution in [2.24, 2.45) is 18.0 Å². The van der Waals surface area contributed by atoms with Crippen molar-refractivity contribution in [3.05, 3.63) is 18.0 Å². The molecule has 2 saturated heterocycles. The van der Waals surface area contributed by atoms with Gasteiger partial charge in [0.1, 0.15) is 0 Å². The van der Waals surface area contributed by atoms with Gasteiger partial charge in [0, 0.05) is 52.5 Å². The number of aliphatic imine (C=N–C) groups is 1. The molecule has 0 radical (unpaired) electrons. The van der Waals surface area contributed by atoms with Crippen molar-refractivity contribution >= 4 is 5.96 Å². The van der Waals surface area contributed by atoms with E-state index in [2.05, 4.69) is 33.3 Å². The second-order valence-electron chi connectivity index (χ2n) is 7.99. The Morgan fingerprint density at radius 2 is 2.11 bits per heavy atom. The van der Waals surface area contributed by atoms with Gasteiger partial charge in [-0.1, -0.05) is 0 Å². The molecule has 2 aliphatic heterocycles. The molecular weight excluding hydrogens is 340 g/mol. The third-order valence-corrected chi connectivity index (χ3v) is 5.65. The van der Waals surface area contributed by atoms with Crippen LogP contribution in [0.5, 0.6) is 0 Å². The lowest BCUT2D eigenvalue weighted by molar-refractivity contribution is 0.0824. The lowest BCUT2D eigenvalue weighted by Crippen LogP contribution is -2.40. The van der Waals surface area contributed by atoms with E-state index in [1.54, 1.807) is 0 Å². The van der Waals surface area contributed by atoms with E-state index in [9.17, 15) is 5.11 Å². The predicted octanol–water partition coefficient (Wildman–Crippen LogP) is 1.10. The lowest BCUT2D eigenvalue weighted by atomic mass is 10.0. The number of hydrogen-bond acceptors (Lipinski definition) is 4. The Morgan fingerprint density at radius 3 is 2.81 bits per heavy atom. The van der Waals surface area contributed by atoms with Gasteiger partial charge in [0.25, 0.3) is 0 Å². The fourth-order valence-corrected chi connectivity index (χ4v) is 4.15. The van der Waals surface area contributed by atoms with Gasteiger partial charge in [-0.15, -0.1) is 0 Å². The maximum absolute atomic E-state index is 9.60. The Hall–Kier alpha value is -1.60. The first-order valence-electron chi connectivity index (χ1n) is 10.5. The SMILES string of the molecule is CCNC(=NCCCN1CCC(O)CC1)N1CCC(Cc2cnn(C)c2)C1. The monoisotopic (exact) mass is 376 g/mol. The number of aliphatic hydroxyl groups excluding tert-OH is 1. The van der Waals surface area contributed by atoms with Crippen LogP contribution in [0.25, 0.3) is 0 Å². The zero-order chi connectivity index (χ0) is 19.1. The molecule has 0 amide bonds. The molecule has 27 heavy (non-hydrogen) atoms. The van der Waals surface area contributed by atoms with Crippen molar-refractivity contribution in [1.29, 1.82) is 0 Å². The van der Waals surface area contributed by atoms with E-state index in [-0.39, 0.29) is 6.10 Å². The highest BCUT2D eigenvalue weighted by molar-refractivity contribution is 5.80. The van der Waals surface area contributed by atoms with E-state index in [1.807, 2.05) is 17.9 Å². The first-order chi connectivity index (χ1) is 13.1. The van der Waals surface area contributed by atoms with Crippen molar-refractivity contribution in [3.63, 3.8) is 0 Å². The maximum Gasteiger partial charge on any atom is 0.193 e. The Bertz CT molecular complexity index is 593. The Balaban J connectivity index is 1.43. The van der Waals surface area contributed by atoms with Crippen LogP contribution in [0.2, 0.25) is 0 Å². The number of aromatic nitrogens is 2. The number of nitrogens with one attached hydrogen (secondary N) is 1. The van der Waals surface area contributed by atoms with E-state index in [4.69, 9.17) is 4.99 Å². The highest BCUT2D eigenvalue weighted by Gasteiger charge is 2.25. The quantitative estimate of drug-likeness (QED) is 0.424. The largest absolute Gasteiger partial charge is 0.393 e. The summed E-state index contributed by atoms with van der Waals surface area (Å²) in [4.78, 5) is 9.75. The van der Waals surface area contributed by atoms with E-state index in [0.717, 1.165) is 77.5 Å². The normalized spacial score (nSPS) is 22.6. The molecule has 1 aromatic heterocycles. The standard InChI is InChI=1S/C20H36N6O/c1-3-21-20(22-8-4-9-25-10-6-19(27)7-11-25)26-12-5-17(16-26)13-18-14-23-24(2)15-18/h14-15,17,19,27H,3-13,16H2,1-2H3,(H,21,22). The molecule has 2 N–H and O–H groups in total. The van der Waals surface area contributed by atoms with E-state index in [1.165, 1.54) is 12.0 Å². The third kappa shape index (κ3) is 6.21. The van der Waals surface area contributed by atoms with Gasteiger partial charge in [0.15, 0.2) is 5.96 Å². The molecule has 3 heterocycles. The summed E-state index contributed by atoms with van der Waals surface area (Å²) in [5.74, 6) is 1.75. The summed E-state index contributed by atoms with van der Waals surface area (Å²) in [5, 5.41) is 17.4. The minimum absolute atomic E-state index is 0.0885. The van der Waals surface area contributed by atoms with E-state index >= 15 is 0 Å². The minimum Gasteiger partial charge on any atom is -0.393 e. The smallest absolute Gasteiger partial charge is 0.193 e. The van der Waals surface area contributed by atoms with Crippen LogP contribution in [0, 0.1) is 5.92 Å². The predicted molar refractivity (Wildman–Crippen MR) is 109 cm³/mol. The first-order valence-corrected chi connectivity index (χ1v) is 10.5. The van der Waals surface area contributed by atoms with Crippen molar-refractivity contribution in [1.82, 2.24) is 24.9 Å². The van der Waals surface area contributed by atoms with Crippen LogP contribution in [0.3, 0.4) is 0 Å². The average Bonchev–Trinajstić information content (AvgIpc) is 3.28. The molecular formula is C20H36N6O.